The van der Waals surface area contributed by atoms with E-state index in [0.29, 0.717) is 0 Å². The van der Waals surface area contributed by atoms with Crippen LogP contribution in [0.3, 0.4) is 0 Å². The third-order valence-corrected chi connectivity index (χ3v) is 4.08. The average Bonchev–Trinajstić information content (AvgIpc) is 2.61. The van der Waals surface area contributed by atoms with Gasteiger partial charge in [0.2, 0.25) is 0 Å². The number of hydrogen-bond donors (Lipinski definition) is 3. The predicted octanol–water partition coefficient (Wildman–Crippen LogP) is 4.11. The minimum Gasteiger partial charge on any atom is -0.384 e. The van der Waals surface area contributed by atoms with E-state index in [4.69, 9.17) is 0 Å². The number of nitrogens with zero attached hydrogens (tertiary/aromatic N) is 2. The van der Waals surface area contributed by atoms with Crippen LogP contribution in [0.15, 0.2) is 47.5 Å². The van der Waals surface area contributed by atoms with Crippen LogP contribution < -0.4 is 10.2 Å². The quantitative estimate of drug-likeness (QED) is 0.489. The van der Waals surface area contributed by atoms with Crippen molar-refractivity contribution in [3.8, 4) is 11.1 Å². The minimum absolute atomic E-state index is 0.719. The third kappa shape index (κ3) is 5.21. The van der Waals surface area contributed by atoms with Gasteiger partial charge in [-0.1, -0.05) is 18.2 Å². The molecule has 128 valence electrons. The number of rotatable bonds is 8. The molecule has 3 nitrogen and oxygen atoms in total. The van der Waals surface area contributed by atoms with Crippen molar-refractivity contribution < 1.29 is 0 Å². The van der Waals surface area contributed by atoms with Crippen LogP contribution in [0.25, 0.3) is 11.1 Å². The van der Waals surface area contributed by atoms with Crippen LogP contribution in [-0.2, 0) is 0 Å². The number of thiol groups is 2. The normalized spacial score (nSPS) is 11.0. The molecule has 0 fully saturated rings. The predicted molar refractivity (Wildman–Crippen MR) is 115 cm³/mol. The Morgan fingerprint density at radius 2 is 1.71 bits per heavy atom. The highest BCUT2D eigenvalue weighted by Crippen LogP contribution is 2.26. The zero-order valence-corrected chi connectivity index (χ0v) is 16.0. The molecule has 0 radical (unpaired) electrons. The monoisotopic (exact) mass is 359 g/mol. The van der Waals surface area contributed by atoms with Crippen LogP contribution in [0.2, 0.25) is 0 Å². The molecule has 0 aliphatic carbocycles. The molecule has 0 aromatic heterocycles. The fourth-order valence-electron chi connectivity index (χ4n) is 2.37. The molecular weight excluding hydrogens is 334 g/mol. The lowest BCUT2D eigenvalue weighted by atomic mass is 10.0. The summed E-state index contributed by atoms with van der Waals surface area (Å²) in [7, 11) is 4.10. The van der Waals surface area contributed by atoms with E-state index in [9.17, 15) is 0 Å². The van der Waals surface area contributed by atoms with Gasteiger partial charge in [-0.05, 0) is 35.4 Å². The van der Waals surface area contributed by atoms with Gasteiger partial charge in [0.05, 0.1) is 0 Å². The van der Waals surface area contributed by atoms with Gasteiger partial charge in [0.15, 0.2) is 0 Å². The summed E-state index contributed by atoms with van der Waals surface area (Å²) < 4.78 is 0. The fraction of sp³-hybridized carbons (Fsp3) is 0.316. The molecule has 0 atom stereocenters. The lowest BCUT2D eigenvalue weighted by Gasteiger charge is -2.14. The average molecular weight is 360 g/mol. The smallest absolute Gasteiger partial charge is 0.0477 e. The van der Waals surface area contributed by atoms with Crippen molar-refractivity contribution >= 4 is 42.8 Å². The molecular formula is C19H25N3S2. The number of nitrogens with one attached hydrogen (secondary N) is 1. The van der Waals surface area contributed by atoms with Gasteiger partial charge in [0.1, 0.15) is 0 Å². The van der Waals surface area contributed by atoms with Crippen LogP contribution in [0.5, 0.6) is 0 Å². The third-order valence-electron chi connectivity index (χ3n) is 3.66. The van der Waals surface area contributed by atoms with E-state index in [1.54, 1.807) is 0 Å². The van der Waals surface area contributed by atoms with Crippen molar-refractivity contribution in [1.29, 1.82) is 0 Å². The van der Waals surface area contributed by atoms with Crippen LogP contribution in [0.4, 0.5) is 11.4 Å². The highest BCUT2D eigenvalue weighted by Gasteiger charge is 2.05. The second kappa shape index (κ2) is 9.64. The number of aliphatic imine (C=N–C) groups is 1. The van der Waals surface area contributed by atoms with Gasteiger partial charge < -0.3 is 10.2 Å². The van der Waals surface area contributed by atoms with Gasteiger partial charge in [-0.2, -0.15) is 25.3 Å². The van der Waals surface area contributed by atoms with Gasteiger partial charge in [0.25, 0.3) is 0 Å². The molecule has 5 heteroatoms. The Balaban J connectivity index is 2.31. The largest absolute Gasteiger partial charge is 0.384 e. The lowest BCUT2D eigenvalue weighted by Crippen LogP contribution is -2.08. The standard InChI is InChI=1S/C19H25N3S2/c1-22(2)18-6-3-15(4-7-18)16-5-8-19(21-10-12-24)17(13-16)14-20-9-11-23/h3-8,13-14,21,23-24H,9-12H2,1-2H3. The first-order valence-electron chi connectivity index (χ1n) is 8.03. The summed E-state index contributed by atoms with van der Waals surface area (Å²) in [5.74, 6) is 1.54. The van der Waals surface area contributed by atoms with Crippen molar-refractivity contribution in [2.75, 3.05) is 48.9 Å². The molecule has 2 aromatic carbocycles. The second-order valence-electron chi connectivity index (χ2n) is 5.65. The van der Waals surface area contributed by atoms with Crippen LogP contribution >= 0.6 is 25.3 Å². The molecule has 0 aliphatic rings. The molecule has 1 N–H and O–H groups in total. The molecule has 2 aromatic rings. The Morgan fingerprint density at radius 3 is 2.33 bits per heavy atom. The molecule has 0 heterocycles. The summed E-state index contributed by atoms with van der Waals surface area (Å²) in [4.78, 5) is 6.53. The van der Waals surface area contributed by atoms with Crippen molar-refractivity contribution in [2.24, 2.45) is 4.99 Å². The maximum absolute atomic E-state index is 4.43. The van der Waals surface area contributed by atoms with E-state index >= 15 is 0 Å². The summed E-state index contributed by atoms with van der Waals surface area (Å²) in [5, 5.41) is 3.40. The molecule has 0 bridgehead atoms. The summed E-state index contributed by atoms with van der Waals surface area (Å²) in [5.41, 5.74) is 5.75. The van der Waals surface area contributed by atoms with Gasteiger partial charge in [0, 0.05) is 61.8 Å². The molecule has 24 heavy (non-hydrogen) atoms. The van der Waals surface area contributed by atoms with Crippen molar-refractivity contribution in [1.82, 2.24) is 0 Å². The SMILES string of the molecule is CN(C)c1ccc(-c2ccc(NCCS)c(C=NCCS)c2)cc1. The Kier molecular flexibility index (Phi) is 7.53. The Bertz CT molecular complexity index is 667. The Labute approximate surface area is 156 Å². The molecule has 0 aliphatic heterocycles. The topological polar surface area (TPSA) is 27.6 Å². The second-order valence-corrected chi connectivity index (χ2v) is 6.55. The van der Waals surface area contributed by atoms with E-state index in [-0.39, 0.29) is 0 Å². The first kappa shape index (κ1) is 18.7. The summed E-state index contributed by atoms with van der Waals surface area (Å²) >= 11 is 8.47. The molecule has 0 unspecified atom stereocenters. The lowest BCUT2D eigenvalue weighted by molar-refractivity contribution is 1.13. The highest BCUT2D eigenvalue weighted by atomic mass is 32.1. The molecule has 0 amide bonds. The number of hydrogen-bond acceptors (Lipinski definition) is 5. The van der Waals surface area contributed by atoms with E-state index in [1.807, 2.05) is 20.3 Å². The van der Waals surface area contributed by atoms with Crippen LogP contribution in [0.1, 0.15) is 5.56 Å². The summed E-state index contributed by atoms with van der Waals surface area (Å²) in [6, 6.07) is 15.0. The molecule has 0 saturated heterocycles. The summed E-state index contributed by atoms with van der Waals surface area (Å²) in [6.45, 7) is 1.55. The van der Waals surface area contributed by atoms with Gasteiger partial charge in [-0.3, -0.25) is 4.99 Å². The fourth-order valence-corrected chi connectivity index (χ4v) is 2.60. The van der Waals surface area contributed by atoms with Crippen molar-refractivity contribution in [3.63, 3.8) is 0 Å². The van der Waals surface area contributed by atoms with Crippen LogP contribution in [-0.4, -0.2) is 44.9 Å². The number of anilines is 2. The maximum atomic E-state index is 4.43. The number of benzene rings is 2. The zero-order valence-electron chi connectivity index (χ0n) is 14.2. The van der Waals surface area contributed by atoms with Gasteiger partial charge >= 0.3 is 0 Å². The zero-order chi connectivity index (χ0) is 17.4. The van der Waals surface area contributed by atoms with Crippen molar-refractivity contribution in [2.45, 2.75) is 0 Å². The van der Waals surface area contributed by atoms with E-state index in [1.165, 1.54) is 16.8 Å². The molecule has 2 rings (SSSR count). The first-order valence-corrected chi connectivity index (χ1v) is 9.29. The van der Waals surface area contributed by atoms with Gasteiger partial charge in [-0.15, -0.1) is 0 Å². The molecule has 0 saturated carbocycles. The van der Waals surface area contributed by atoms with E-state index in [0.717, 1.165) is 35.8 Å². The first-order chi connectivity index (χ1) is 11.7. The maximum Gasteiger partial charge on any atom is 0.0477 e. The van der Waals surface area contributed by atoms with Gasteiger partial charge in [-0.25, -0.2) is 0 Å². The van der Waals surface area contributed by atoms with Crippen LogP contribution in [0, 0.1) is 0 Å². The Morgan fingerprint density at radius 1 is 1.00 bits per heavy atom. The highest BCUT2D eigenvalue weighted by molar-refractivity contribution is 7.80. The minimum atomic E-state index is 0.719. The Hall–Kier alpha value is -1.59. The van der Waals surface area contributed by atoms with E-state index < -0.39 is 0 Å². The van der Waals surface area contributed by atoms with Crippen molar-refractivity contribution in [3.05, 3.63) is 48.0 Å². The summed E-state index contributed by atoms with van der Waals surface area (Å²) in [6.07, 6.45) is 1.93. The molecule has 0 spiro atoms. The van der Waals surface area contributed by atoms with E-state index in [2.05, 4.69) is 82.9 Å².